The van der Waals surface area contributed by atoms with Gasteiger partial charge in [-0.3, -0.25) is 9.69 Å². The van der Waals surface area contributed by atoms with E-state index in [1.54, 1.807) is 7.05 Å². The molecule has 1 aromatic carbocycles. The molecule has 0 aliphatic carbocycles. The van der Waals surface area contributed by atoms with Crippen LogP contribution in [0.1, 0.15) is 12.5 Å². The monoisotopic (exact) mass is 291 g/mol. The fourth-order valence-electron chi connectivity index (χ4n) is 2.53. The summed E-state index contributed by atoms with van der Waals surface area (Å²) in [7, 11) is 1.81. The molecule has 0 atom stereocenters. The number of amides is 1. The Kier molecular flexibility index (Phi) is 6.02. The summed E-state index contributed by atoms with van der Waals surface area (Å²) in [5.41, 5.74) is 1.29. The molecule has 0 saturated carbocycles. The van der Waals surface area contributed by atoms with E-state index in [0.29, 0.717) is 13.2 Å². The van der Waals surface area contributed by atoms with E-state index in [2.05, 4.69) is 22.3 Å². The zero-order chi connectivity index (χ0) is 15.1. The summed E-state index contributed by atoms with van der Waals surface area (Å²) in [6.45, 7) is 7.55. The van der Waals surface area contributed by atoms with Crippen molar-refractivity contribution in [3.05, 3.63) is 29.8 Å². The number of rotatable bonds is 6. The van der Waals surface area contributed by atoms with Gasteiger partial charge >= 0.3 is 0 Å². The number of nitrogens with one attached hydrogen (secondary N) is 1. The number of carbonyl (C=O) groups is 1. The summed E-state index contributed by atoms with van der Waals surface area (Å²) >= 11 is 0. The Bertz CT molecular complexity index is 439. The van der Waals surface area contributed by atoms with Gasteiger partial charge < -0.3 is 15.0 Å². The van der Waals surface area contributed by atoms with Gasteiger partial charge in [-0.15, -0.1) is 0 Å². The van der Waals surface area contributed by atoms with E-state index in [-0.39, 0.29) is 5.91 Å². The number of ether oxygens (including phenoxy) is 1. The Morgan fingerprint density at radius 2 is 1.86 bits per heavy atom. The van der Waals surface area contributed by atoms with E-state index < -0.39 is 0 Å². The topological polar surface area (TPSA) is 44.8 Å². The Balaban J connectivity index is 1.79. The summed E-state index contributed by atoms with van der Waals surface area (Å²) in [6, 6.07) is 8.27. The lowest BCUT2D eigenvalue weighted by molar-refractivity contribution is -0.131. The van der Waals surface area contributed by atoms with Gasteiger partial charge in [0.05, 0.1) is 13.2 Å². The molecule has 1 heterocycles. The number of nitrogens with zero attached hydrogens (tertiary/aromatic N) is 2. The minimum Gasteiger partial charge on any atom is -0.494 e. The van der Waals surface area contributed by atoms with Crippen LogP contribution >= 0.6 is 0 Å². The molecule has 5 nitrogen and oxygen atoms in total. The molecule has 21 heavy (non-hydrogen) atoms. The molecule has 0 aromatic heterocycles. The molecule has 116 valence electrons. The van der Waals surface area contributed by atoms with Crippen LogP contribution in [0.4, 0.5) is 0 Å². The van der Waals surface area contributed by atoms with Gasteiger partial charge in [0.15, 0.2) is 0 Å². The normalized spacial score (nSPS) is 16.0. The molecule has 1 amide bonds. The Labute approximate surface area is 126 Å². The summed E-state index contributed by atoms with van der Waals surface area (Å²) in [5.74, 6) is 1.11. The van der Waals surface area contributed by atoms with Gasteiger partial charge in [-0.05, 0) is 31.7 Å². The number of carbonyl (C=O) groups excluding carboxylic acids is 1. The van der Waals surface area contributed by atoms with E-state index in [1.165, 1.54) is 5.56 Å². The van der Waals surface area contributed by atoms with Crippen LogP contribution in [-0.2, 0) is 11.3 Å². The van der Waals surface area contributed by atoms with Crippen molar-refractivity contribution in [1.82, 2.24) is 15.1 Å². The van der Waals surface area contributed by atoms with E-state index in [0.717, 1.165) is 38.5 Å². The molecule has 0 radical (unpaired) electrons. The summed E-state index contributed by atoms with van der Waals surface area (Å²) in [5, 5.41) is 2.91. The first-order chi connectivity index (χ1) is 10.2. The lowest BCUT2D eigenvalue weighted by Crippen LogP contribution is -2.50. The van der Waals surface area contributed by atoms with Crippen molar-refractivity contribution in [2.45, 2.75) is 13.5 Å². The third-order valence-electron chi connectivity index (χ3n) is 3.69. The number of likely N-dealkylation sites (N-methyl/N-ethyl adjacent to an activating group) is 1. The highest BCUT2D eigenvalue weighted by atomic mass is 16.5. The molecule has 0 unspecified atom stereocenters. The van der Waals surface area contributed by atoms with Crippen molar-refractivity contribution in [3.8, 4) is 5.75 Å². The zero-order valence-electron chi connectivity index (χ0n) is 13.0. The molecule has 1 aliphatic rings. The van der Waals surface area contributed by atoms with Crippen LogP contribution in [0.25, 0.3) is 0 Å². The quantitative estimate of drug-likeness (QED) is 0.847. The Morgan fingerprint density at radius 3 is 2.43 bits per heavy atom. The van der Waals surface area contributed by atoms with Gasteiger partial charge in [0.2, 0.25) is 5.91 Å². The molecule has 1 N–H and O–H groups in total. The van der Waals surface area contributed by atoms with Crippen LogP contribution in [0.15, 0.2) is 24.3 Å². The standard InChI is InChI=1S/C16H25N3O2/c1-3-21-15-6-4-14(5-7-15)13-18-8-10-19(11-9-18)16(20)12-17-2/h4-7,17H,3,8-13H2,1-2H3. The summed E-state index contributed by atoms with van der Waals surface area (Å²) in [4.78, 5) is 16.1. The number of hydrogen-bond donors (Lipinski definition) is 1. The van der Waals surface area contributed by atoms with Crippen molar-refractivity contribution in [2.75, 3.05) is 46.4 Å². The van der Waals surface area contributed by atoms with Crippen molar-refractivity contribution in [1.29, 1.82) is 0 Å². The van der Waals surface area contributed by atoms with Crippen molar-refractivity contribution in [2.24, 2.45) is 0 Å². The van der Waals surface area contributed by atoms with Crippen LogP contribution in [0, 0.1) is 0 Å². The predicted octanol–water partition coefficient (Wildman–Crippen LogP) is 0.949. The Morgan fingerprint density at radius 1 is 1.19 bits per heavy atom. The van der Waals surface area contributed by atoms with Gasteiger partial charge in [0, 0.05) is 32.7 Å². The first kappa shape index (κ1) is 15.8. The van der Waals surface area contributed by atoms with Crippen molar-refractivity contribution >= 4 is 5.91 Å². The second-order valence-corrected chi connectivity index (χ2v) is 5.26. The number of hydrogen-bond acceptors (Lipinski definition) is 4. The molecule has 1 fully saturated rings. The van der Waals surface area contributed by atoms with Crippen molar-refractivity contribution in [3.63, 3.8) is 0 Å². The number of piperazine rings is 1. The molecule has 2 rings (SSSR count). The van der Waals surface area contributed by atoms with Crippen LogP contribution in [0.3, 0.4) is 0 Å². The van der Waals surface area contributed by atoms with Crippen LogP contribution in [0.5, 0.6) is 5.75 Å². The van der Waals surface area contributed by atoms with Crippen LogP contribution in [-0.4, -0.2) is 62.1 Å². The maximum Gasteiger partial charge on any atom is 0.236 e. The number of benzene rings is 1. The first-order valence-electron chi connectivity index (χ1n) is 7.59. The highest BCUT2D eigenvalue weighted by Crippen LogP contribution is 2.14. The minimum absolute atomic E-state index is 0.193. The molecule has 1 saturated heterocycles. The zero-order valence-corrected chi connectivity index (χ0v) is 13.0. The maximum atomic E-state index is 11.8. The average Bonchev–Trinajstić information content (AvgIpc) is 2.50. The molecular formula is C16H25N3O2. The van der Waals surface area contributed by atoms with E-state index in [4.69, 9.17) is 4.74 Å². The lowest BCUT2D eigenvalue weighted by Gasteiger charge is -2.34. The lowest BCUT2D eigenvalue weighted by atomic mass is 10.2. The van der Waals surface area contributed by atoms with E-state index in [9.17, 15) is 4.79 Å². The smallest absolute Gasteiger partial charge is 0.236 e. The highest BCUT2D eigenvalue weighted by Gasteiger charge is 2.20. The third kappa shape index (κ3) is 4.72. The minimum atomic E-state index is 0.193. The summed E-state index contributed by atoms with van der Waals surface area (Å²) < 4.78 is 5.45. The second kappa shape index (κ2) is 8.00. The van der Waals surface area contributed by atoms with Gasteiger partial charge in [-0.2, -0.15) is 0 Å². The van der Waals surface area contributed by atoms with E-state index >= 15 is 0 Å². The molecule has 1 aromatic rings. The van der Waals surface area contributed by atoms with Gasteiger partial charge in [-0.1, -0.05) is 12.1 Å². The SMILES string of the molecule is CCOc1ccc(CN2CCN(C(=O)CNC)CC2)cc1. The maximum absolute atomic E-state index is 11.8. The Hall–Kier alpha value is -1.59. The largest absolute Gasteiger partial charge is 0.494 e. The average molecular weight is 291 g/mol. The van der Waals surface area contributed by atoms with Crippen LogP contribution < -0.4 is 10.1 Å². The molecule has 0 bridgehead atoms. The molecule has 0 spiro atoms. The van der Waals surface area contributed by atoms with Gasteiger partial charge in [-0.25, -0.2) is 0 Å². The molecule has 5 heteroatoms. The third-order valence-corrected chi connectivity index (χ3v) is 3.69. The fourth-order valence-corrected chi connectivity index (χ4v) is 2.53. The van der Waals surface area contributed by atoms with Gasteiger partial charge in [0.1, 0.15) is 5.75 Å². The molecule has 1 aliphatic heterocycles. The van der Waals surface area contributed by atoms with Gasteiger partial charge in [0.25, 0.3) is 0 Å². The highest BCUT2D eigenvalue weighted by molar-refractivity contribution is 5.78. The summed E-state index contributed by atoms with van der Waals surface area (Å²) in [6.07, 6.45) is 0. The van der Waals surface area contributed by atoms with Crippen molar-refractivity contribution < 1.29 is 9.53 Å². The van der Waals surface area contributed by atoms with Crippen LogP contribution in [0.2, 0.25) is 0 Å². The molecular weight excluding hydrogens is 266 g/mol. The first-order valence-corrected chi connectivity index (χ1v) is 7.59. The fraction of sp³-hybridized carbons (Fsp3) is 0.562. The predicted molar refractivity (Wildman–Crippen MR) is 83.4 cm³/mol. The second-order valence-electron chi connectivity index (χ2n) is 5.26. The van der Waals surface area contributed by atoms with E-state index in [1.807, 2.05) is 24.0 Å².